The maximum atomic E-state index is 11.1. The molecule has 0 aliphatic heterocycles. The van der Waals surface area contributed by atoms with E-state index in [-0.39, 0.29) is 0 Å². The van der Waals surface area contributed by atoms with Gasteiger partial charge < -0.3 is 11.1 Å². The molecule has 19 heavy (non-hydrogen) atoms. The van der Waals surface area contributed by atoms with Gasteiger partial charge >= 0.3 is 0 Å². The van der Waals surface area contributed by atoms with E-state index in [0.717, 1.165) is 24.4 Å². The number of rotatable bonds is 7. The summed E-state index contributed by atoms with van der Waals surface area (Å²) in [6, 6.07) is 5.80. The molecule has 1 fully saturated rings. The van der Waals surface area contributed by atoms with Crippen molar-refractivity contribution in [1.82, 2.24) is 5.32 Å². The molecule has 0 bridgehead atoms. The Bertz CT molecular complexity index is 457. The van der Waals surface area contributed by atoms with Gasteiger partial charge in [-0.15, -0.1) is 0 Å². The van der Waals surface area contributed by atoms with Crippen molar-refractivity contribution in [3.8, 4) is 0 Å². The molecule has 1 aliphatic rings. The summed E-state index contributed by atoms with van der Waals surface area (Å²) in [5.41, 5.74) is 6.70. The number of hydrogen-bond acceptors (Lipinski definition) is 2. The van der Waals surface area contributed by atoms with E-state index in [2.05, 4.69) is 12.2 Å². The maximum Gasteiger partial charge on any atom is 0.248 e. The Balaban J connectivity index is 1.92. The number of carbonyl (C=O) groups excluding carboxylic acids is 1. The van der Waals surface area contributed by atoms with Gasteiger partial charge in [-0.2, -0.15) is 0 Å². The highest BCUT2D eigenvalue weighted by Crippen LogP contribution is 2.34. The first-order valence-corrected chi connectivity index (χ1v) is 7.29. The molecule has 1 atom stereocenters. The summed E-state index contributed by atoms with van der Waals surface area (Å²) in [7, 11) is 0. The highest BCUT2D eigenvalue weighted by Gasteiger charge is 2.24. The van der Waals surface area contributed by atoms with Gasteiger partial charge in [-0.1, -0.05) is 37.4 Å². The van der Waals surface area contributed by atoms with E-state index in [9.17, 15) is 4.79 Å². The lowest BCUT2D eigenvalue weighted by molar-refractivity contribution is 0.100. The maximum absolute atomic E-state index is 11.1. The lowest BCUT2D eigenvalue weighted by atomic mass is 10.1. The Morgan fingerprint density at radius 1 is 1.53 bits per heavy atom. The summed E-state index contributed by atoms with van der Waals surface area (Å²) in [5, 5.41) is 4.15. The van der Waals surface area contributed by atoms with Crippen molar-refractivity contribution in [2.24, 2.45) is 11.7 Å². The minimum absolute atomic E-state index is 0.443. The molecule has 0 heterocycles. The highest BCUT2D eigenvalue weighted by molar-refractivity contribution is 6.31. The molecule has 2 rings (SSSR count). The fourth-order valence-electron chi connectivity index (χ4n) is 2.25. The average molecular weight is 281 g/mol. The second-order valence-electron chi connectivity index (χ2n) is 5.34. The molecule has 3 N–H and O–H groups in total. The van der Waals surface area contributed by atoms with E-state index in [1.54, 1.807) is 12.1 Å². The number of halogens is 1. The molecule has 1 aliphatic carbocycles. The van der Waals surface area contributed by atoms with Gasteiger partial charge in [0.05, 0.1) is 0 Å². The van der Waals surface area contributed by atoms with Crippen molar-refractivity contribution < 1.29 is 4.79 Å². The van der Waals surface area contributed by atoms with Crippen LogP contribution in [0.3, 0.4) is 0 Å². The van der Waals surface area contributed by atoms with E-state index in [1.165, 1.54) is 19.3 Å². The Kier molecular flexibility index (Phi) is 4.83. The zero-order valence-corrected chi connectivity index (χ0v) is 12.0. The first kappa shape index (κ1) is 14.4. The lowest BCUT2D eigenvalue weighted by Gasteiger charge is -2.17. The van der Waals surface area contributed by atoms with Crippen LogP contribution in [0.15, 0.2) is 18.2 Å². The summed E-state index contributed by atoms with van der Waals surface area (Å²) in [5.74, 6) is 0.478. The van der Waals surface area contributed by atoms with Crippen molar-refractivity contribution in [3.05, 3.63) is 34.3 Å². The number of amides is 1. The largest absolute Gasteiger partial charge is 0.366 e. The molecule has 1 unspecified atom stereocenters. The zero-order chi connectivity index (χ0) is 13.8. The van der Waals surface area contributed by atoms with Gasteiger partial charge in [0.1, 0.15) is 0 Å². The van der Waals surface area contributed by atoms with Crippen LogP contribution in [0.2, 0.25) is 5.02 Å². The van der Waals surface area contributed by atoms with Crippen LogP contribution in [0.4, 0.5) is 0 Å². The molecule has 4 heteroatoms. The molecular formula is C15H21ClN2O. The SMILES string of the molecule is CCC(CC1CC1)NCc1ccc(C(N)=O)cc1Cl. The average Bonchev–Trinajstić information content (AvgIpc) is 3.19. The second-order valence-corrected chi connectivity index (χ2v) is 5.74. The molecule has 0 saturated heterocycles. The third-order valence-electron chi connectivity index (χ3n) is 3.73. The number of hydrogen-bond donors (Lipinski definition) is 2. The van der Waals surface area contributed by atoms with Crippen molar-refractivity contribution >= 4 is 17.5 Å². The lowest BCUT2D eigenvalue weighted by Crippen LogP contribution is -2.28. The molecule has 0 radical (unpaired) electrons. The number of benzene rings is 1. The molecular weight excluding hydrogens is 260 g/mol. The predicted octanol–water partition coefficient (Wildman–Crippen LogP) is 3.11. The van der Waals surface area contributed by atoms with E-state index < -0.39 is 5.91 Å². The van der Waals surface area contributed by atoms with Gasteiger partial charge in [0, 0.05) is 23.2 Å². The number of nitrogens with one attached hydrogen (secondary N) is 1. The van der Waals surface area contributed by atoms with Crippen LogP contribution in [-0.4, -0.2) is 11.9 Å². The predicted molar refractivity (Wildman–Crippen MR) is 78.2 cm³/mol. The second kappa shape index (κ2) is 6.40. The van der Waals surface area contributed by atoms with Crippen LogP contribution in [0, 0.1) is 5.92 Å². The highest BCUT2D eigenvalue weighted by atomic mass is 35.5. The van der Waals surface area contributed by atoms with Crippen molar-refractivity contribution in [3.63, 3.8) is 0 Å². The fraction of sp³-hybridized carbons (Fsp3) is 0.533. The third kappa shape index (κ3) is 4.22. The van der Waals surface area contributed by atoms with E-state index in [1.807, 2.05) is 6.07 Å². The van der Waals surface area contributed by atoms with Crippen LogP contribution >= 0.6 is 11.6 Å². The normalized spacial score (nSPS) is 16.3. The van der Waals surface area contributed by atoms with Crippen LogP contribution in [0.25, 0.3) is 0 Å². The summed E-state index contributed by atoms with van der Waals surface area (Å²) in [4.78, 5) is 11.1. The summed E-state index contributed by atoms with van der Waals surface area (Å²) in [6.45, 7) is 2.95. The Hall–Kier alpha value is -1.06. The van der Waals surface area contributed by atoms with Gasteiger partial charge in [-0.3, -0.25) is 4.79 Å². The fourth-order valence-corrected chi connectivity index (χ4v) is 2.50. The molecule has 0 aromatic heterocycles. The van der Waals surface area contributed by atoms with Gasteiger partial charge in [-0.25, -0.2) is 0 Å². The monoisotopic (exact) mass is 280 g/mol. The zero-order valence-electron chi connectivity index (χ0n) is 11.3. The van der Waals surface area contributed by atoms with Crippen LogP contribution in [-0.2, 0) is 6.54 Å². The Labute approximate surface area is 119 Å². The number of nitrogens with two attached hydrogens (primary N) is 1. The first-order valence-electron chi connectivity index (χ1n) is 6.91. The van der Waals surface area contributed by atoms with E-state index in [4.69, 9.17) is 17.3 Å². The quantitative estimate of drug-likeness (QED) is 0.806. The van der Waals surface area contributed by atoms with Crippen molar-refractivity contribution in [2.45, 2.75) is 45.2 Å². The molecule has 104 valence electrons. The van der Waals surface area contributed by atoms with Gasteiger partial charge in [0.25, 0.3) is 0 Å². The topological polar surface area (TPSA) is 55.1 Å². The minimum atomic E-state index is -0.443. The van der Waals surface area contributed by atoms with Gasteiger partial charge in [0.15, 0.2) is 0 Å². The smallest absolute Gasteiger partial charge is 0.248 e. The molecule has 1 saturated carbocycles. The van der Waals surface area contributed by atoms with Crippen LogP contribution in [0.5, 0.6) is 0 Å². The number of primary amides is 1. The van der Waals surface area contributed by atoms with E-state index >= 15 is 0 Å². The van der Waals surface area contributed by atoms with Gasteiger partial charge in [0.2, 0.25) is 5.91 Å². The van der Waals surface area contributed by atoms with Gasteiger partial charge in [-0.05, 0) is 36.5 Å². The molecule has 1 amide bonds. The molecule has 3 nitrogen and oxygen atoms in total. The Morgan fingerprint density at radius 2 is 2.26 bits per heavy atom. The summed E-state index contributed by atoms with van der Waals surface area (Å²) in [6.07, 6.45) is 5.15. The van der Waals surface area contributed by atoms with Crippen molar-refractivity contribution in [2.75, 3.05) is 0 Å². The van der Waals surface area contributed by atoms with Crippen LogP contribution in [0.1, 0.15) is 48.5 Å². The number of carbonyl (C=O) groups is 1. The van der Waals surface area contributed by atoms with E-state index in [0.29, 0.717) is 16.6 Å². The summed E-state index contributed by atoms with van der Waals surface area (Å²) < 4.78 is 0. The Morgan fingerprint density at radius 3 is 2.79 bits per heavy atom. The standard InChI is InChI=1S/C15H21ClN2O/c1-2-13(7-10-3-4-10)18-9-12-6-5-11(15(17)19)8-14(12)16/h5-6,8,10,13,18H,2-4,7,9H2,1H3,(H2,17,19). The van der Waals surface area contributed by atoms with Crippen molar-refractivity contribution in [1.29, 1.82) is 0 Å². The molecule has 1 aromatic rings. The third-order valence-corrected chi connectivity index (χ3v) is 4.08. The first-order chi connectivity index (χ1) is 9.10. The summed E-state index contributed by atoms with van der Waals surface area (Å²) >= 11 is 6.17. The molecule has 0 spiro atoms. The molecule has 1 aromatic carbocycles. The minimum Gasteiger partial charge on any atom is -0.366 e. The van der Waals surface area contributed by atoms with Crippen LogP contribution < -0.4 is 11.1 Å².